The average Bonchev–Trinajstić information content (AvgIpc) is 3.03. The lowest BCUT2D eigenvalue weighted by molar-refractivity contribution is 0.152. The van der Waals surface area contributed by atoms with Crippen LogP contribution in [0.15, 0.2) is 24.3 Å². The highest BCUT2D eigenvalue weighted by Gasteiger charge is 2.19. The van der Waals surface area contributed by atoms with Crippen molar-refractivity contribution in [3.63, 3.8) is 0 Å². The topological polar surface area (TPSA) is 21.7 Å². The summed E-state index contributed by atoms with van der Waals surface area (Å²) in [6, 6.07) is 8.84. The van der Waals surface area contributed by atoms with Gasteiger partial charge in [0.2, 0.25) is 0 Å². The number of nitrogens with zero attached hydrogens (tertiary/aromatic N) is 1. The van der Waals surface area contributed by atoms with Crippen molar-refractivity contribution >= 4 is 0 Å². The molecule has 1 aliphatic heterocycles. The summed E-state index contributed by atoms with van der Waals surface area (Å²) >= 11 is 0. The van der Waals surface area contributed by atoms with Gasteiger partial charge < -0.3 is 14.4 Å². The second-order valence-corrected chi connectivity index (χ2v) is 6.77. The molecule has 0 radical (unpaired) electrons. The predicted molar refractivity (Wildman–Crippen MR) is 89.7 cm³/mol. The van der Waals surface area contributed by atoms with E-state index < -0.39 is 0 Å². The second kappa shape index (κ2) is 7.87. The molecule has 0 spiro atoms. The van der Waals surface area contributed by atoms with Crippen LogP contribution in [0.25, 0.3) is 0 Å². The Kier molecular flexibility index (Phi) is 5.60. The molecule has 1 aliphatic carbocycles. The summed E-state index contributed by atoms with van der Waals surface area (Å²) in [6.07, 6.45) is 10.5. The molecule has 2 aliphatic rings. The van der Waals surface area contributed by atoms with Crippen LogP contribution in [0, 0.1) is 0 Å². The normalized spacial score (nSPS) is 23.6. The zero-order valence-electron chi connectivity index (χ0n) is 13.8. The Hall–Kier alpha value is -1.22. The maximum absolute atomic E-state index is 6.04. The Morgan fingerprint density at radius 1 is 1.05 bits per heavy atom. The predicted octanol–water partition coefficient (Wildman–Crippen LogP) is 4.26. The van der Waals surface area contributed by atoms with E-state index in [0.29, 0.717) is 12.1 Å². The van der Waals surface area contributed by atoms with Crippen LogP contribution in [-0.4, -0.2) is 37.2 Å². The quantitative estimate of drug-likeness (QED) is 0.783. The fourth-order valence-corrected chi connectivity index (χ4v) is 3.66. The van der Waals surface area contributed by atoms with E-state index in [1.54, 1.807) is 0 Å². The van der Waals surface area contributed by atoms with E-state index in [1.807, 2.05) is 24.3 Å². The molecule has 1 unspecified atom stereocenters. The fraction of sp³-hybridized carbons (Fsp3) is 0.684. The van der Waals surface area contributed by atoms with Gasteiger partial charge >= 0.3 is 0 Å². The van der Waals surface area contributed by atoms with E-state index in [9.17, 15) is 0 Å². The van der Waals surface area contributed by atoms with Gasteiger partial charge in [-0.1, -0.05) is 12.5 Å². The highest BCUT2D eigenvalue weighted by Crippen LogP contribution is 2.27. The first-order valence-electron chi connectivity index (χ1n) is 8.91. The van der Waals surface area contributed by atoms with E-state index in [2.05, 4.69) is 11.9 Å². The van der Waals surface area contributed by atoms with Crippen molar-refractivity contribution in [2.24, 2.45) is 0 Å². The lowest BCUT2D eigenvalue weighted by atomic mass is 10.0. The molecule has 0 amide bonds. The van der Waals surface area contributed by atoms with E-state index in [4.69, 9.17) is 9.47 Å². The van der Waals surface area contributed by atoms with Crippen molar-refractivity contribution in [2.75, 3.05) is 20.2 Å². The van der Waals surface area contributed by atoms with Gasteiger partial charge in [-0.2, -0.15) is 0 Å². The van der Waals surface area contributed by atoms with E-state index in [-0.39, 0.29) is 0 Å². The van der Waals surface area contributed by atoms with Crippen LogP contribution in [0.4, 0.5) is 0 Å². The zero-order valence-corrected chi connectivity index (χ0v) is 13.8. The molecule has 0 N–H and O–H groups in total. The van der Waals surface area contributed by atoms with Gasteiger partial charge in [-0.25, -0.2) is 0 Å². The molecule has 2 fully saturated rings. The Bertz CT molecular complexity index is 457. The second-order valence-electron chi connectivity index (χ2n) is 6.77. The Labute approximate surface area is 134 Å². The van der Waals surface area contributed by atoms with Gasteiger partial charge in [0, 0.05) is 12.1 Å². The molecule has 3 heteroatoms. The molecule has 1 heterocycles. The van der Waals surface area contributed by atoms with Crippen molar-refractivity contribution in [3.05, 3.63) is 24.3 Å². The summed E-state index contributed by atoms with van der Waals surface area (Å²) in [5.74, 6) is 1.90. The third-order valence-electron chi connectivity index (χ3n) is 5.05. The smallest absolute Gasteiger partial charge is 0.123 e. The van der Waals surface area contributed by atoms with E-state index in [0.717, 1.165) is 24.5 Å². The molecular formula is C19H29NO2. The van der Waals surface area contributed by atoms with Crippen molar-refractivity contribution in [1.29, 1.82) is 0 Å². The molecule has 22 heavy (non-hydrogen) atoms. The van der Waals surface area contributed by atoms with Gasteiger partial charge in [-0.3, -0.25) is 0 Å². The van der Waals surface area contributed by atoms with Crippen LogP contribution >= 0.6 is 0 Å². The molecule has 3 nitrogen and oxygen atoms in total. The van der Waals surface area contributed by atoms with E-state index in [1.165, 1.54) is 51.5 Å². The Morgan fingerprint density at radius 3 is 2.64 bits per heavy atom. The molecule has 1 atom stereocenters. The number of ether oxygens (including phenoxy) is 2. The fourth-order valence-electron chi connectivity index (χ4n) is 3.66. The highest BCUT2D eigenvalue weighted by atomic mass is 16.5. The van der Waals surface area contributed by atoms with Crippen LogP contribution in [0.3, 0.4) is 0 Å². The van der Waals surface area contributed by atoms with Gasteiger partial charge in [-0.15, -0.1) is 0 Å². The highest BCUT2D eigenvalue weighted by molar-refractivity contribution is 5.33. The molecule has 3 rings (SSSR count). The van der Waals surface area contributed by atoms with Crippen LogP contribution < -0.4 is 9.47 Å². The molecule has 0 bridgehead atoms. The van der Waals surface area contributed by atoms with Crippen molar-refractivity contribution < 1.29 is 9.47 Å². The SMILES string of the molecule is CN1CCCCC1CCOc1cccc(OC2CCCC2)c1. The number of rotatable bonds is 6. The Balaban J connectivity index is 1.45. The first-order chi connectivity index (χ1) is 10.8. The third-order valence-corrected chi connectivity index (χ3v) is 5.05. The van der Waals surface area contributed by atoms with Gasteiger partial charge in [0.15, 0.2) is 0 Å². The van der Waals surface area contributed by atoms with Crippen molar-refractivity contribution in [2.45, 2.75) is 63.5 Å². The van der Waals surface area contributed by atoms with Gasteiger partial charge in [0.1, 0.15) is 11.5 Å². The van der Waals surface area contributed by atoms with Crippen LogP contribution in [0.5, 0.6) is 11.5 Å². The number of likely N-dealkylation sites (tertiary alicyclic amines) is 1. The largest absolute Gasteiger partial charge is 0.493 e. The minimum Gasteiger partial charge on any atom is -0.493 e. The summed E-state index contributed by atoms with van der Waals surface area (Å²) in [4.78, 5) is 2.48. The minimum atomic E-state index is 0.408. The summed E-state index contributed by atoms with van der Waals surface area (Å²) < 4.78 is 12.0. The lowest BCUT2D eigenvalue weighted by Crippen LogP contribution is -2.37. The summed E-state index contributed by atoms with van der Waals surface area (Å²) in [5, 5.41) is 0. The monoisotopic (exact) mass is 303 g/mol. The molecule has 1 aromatic carbocycles. The third kappa shape index (κ3) is 4.39. The maximum Gasteiger partial charge on any atom is 0.123 e. The van der Waals surface area contributed by atoms with Crippen molar-refractivity contribution in [3.8, 4) is 11.5 Å². The van der Waals surface area contributed by atoms with Crippen LogP contribution in [-0.2, 0) is 0 Å². The Morgan fingerprint density at radius 2 is 1.82 bits per heavy atom. The van der Waals surface area contributed by atoms with Crippen LogP contribution in [0.1, 0.15) is 51.4 Å². The van der Waals surface area contributed by atoms with Gasteiger partial charge in [-0.05, 0) is 70.7 Å². The summed E-state index contributed by atoms with van der Waals surface area (Å²) in [7, 11) is 2.24. The molecule has 122 valence electrons. The number of hydrogen-bond donors (Lipinski definition) is 0. The van der Waals surface area contributed by atoms with Crippen molar-refractivity contribution in [1.82, 2.24) is 4.90 Å². The number of piperidine rings is 1. The van der Waals surface area contributed by atoms with Crippen LogP contribution in [0.2, 0.25) is 0 Å². The standard InChI is InChI=1S/C19H29NO2/c1-20-13-5-4-7-16(20)12-14-21-18-10-6-11-19(15-18)22-17-8-2-3-9-17/h6,10-11,15-17H,2-5,7-9,12-14H2,1H3. The molecule has 1 saturated carbocycles. The first kappa shape index (κ1) is 15.7. The van der Waals surface area contributed by atoms with Gasteiger partial charge in [0.25, 0.3) is 0 Å². The van der Waals surface area contributed by atoms with E-state index >= 15 is 0 Å². The number of benzene rings is 1. The molecule has 0 aromatic heterocycles. The summed E-state index contributed by atoms with van der Waals surface area (Å²) in [5.41, 5.74) is 0. The van der Waals surface area contributed by atoms with Gasteiger partial charge in [0.05, 0.1) is 12.7 Å². The molecule has 1 saturated heterocycles. The first-order valence-corrected chi connectivity index (χ1v) is 8.91. The lowest BCUT2D eigenvalue weighted by Gasteiger charge is -2.32. The molecule has 1 aromatic rings. The average molecular weight is 303 g/mol. The minimum absolute atomic E-state index is 0.408. The zero-order chi connectivity index (χ0) is 15.2. The summed E-state index contributed by atoms with van der Waals surface area (Å²) in [6.45, 7) is 2.03. The molecular weight excluding hydrogens is 274 g/mol. The maximum atomic E-state index is 6.04. The number of hydrogen-bond acceptors (Lipinski definition) is 3.